The first-order valence-electron chi connectivity index (χ1n) is 6.88. The predicted octanol–water partition coefficient (Wildman–Crippen LogP) is 0.195. The summed E-state index contributed by atoms with van der Waals surface area (Å²) in [7, 11) is 0. The standard InChI is InChI=1S/C13H23N3O2/c1-10(17)15-5-2-6-16(8-7-15)13(18)11-3-4-12(14)9-11/h11-12H,2-9,14H2,1H3. The van der Waals surface area contributed by atoms with Crippen molar-refractivity contribution in [3.05, 3.63) is 0 Å². The Morgan fingerprint density at radius 1 is 1.06 bits per heavy atom. The van der Waals surface area contributed by atoms with E-state index in [4.69, 9.17) is 5.73 Å². The molecule has 0 radical (unpaired) electrons. The summed E-state index contributed by atoms with van der Waals surface area (Å²) >= 11 is 0. The molecule has 0 aromatic carbocycles. The molecular formula is C13H23N3O2. The molecule has 0 aromatic heterocycles. The van der Waals surface area contributed by atoms with Crippen molar-refractivity contribution in [2.75, 3.05) is 26.2 Å². The van der Waals surface area contributed by atoms with Gasteiger partial charge in [0, 0.05) is 45.1 Å². The molecule has 2 atom stereocenters. The van der Waals surface area contributed by atoms with Crippen LogP contribution >= 0.6 is 0 Å². The van der Waals surface area contributed by atoms with Crippen LogP contribution in [0.5, 0.6) is 0 Å². The Labute approximate surface area is 108 Å². The van der Waals surface area contributed by atoms with Crippen LogP contribution in [0.2, 0.25) is 0 Å². The van der Waals surface area contributed by atoms with Crippen LogP contribution in [0, 0.1) is 5.92 Å². The number of hydrogen-bond donors (Lipinski definition) is 1. The maximum atomic E-state index is 12.3. The Balaban J connectivity index is 1.89. The van der Waals surface area contributed by atoms with Gasteiger partial charge in [-0.1, -0.05) is 0 Å². The summed E-state index contributed by atoms with van der Waals surface area (Å²) < 4.78 is 0. The van der Waals surface area contributed by atoms with Crippen LogP contribution in [0.25, 0.3) is 0 Å². The predicted molar refractivity (Wildman–Crippen MR) is 68.8 cm³/mol. The zero-order valence-corrected chi connectivity index (χ0v) is 11.1. The zero-order chi connectivity index (χ0) is 13.1. The monoisotopic (exact) mass is 253 g/mol. The van der Waals surface area contributed by atoms with Crippen LogP contribution in [0.1, 0.15) is 32.6 Å². The van der Waals surface area contributed by atoms with E-state index in [9.17, 15) is 9.59 Å². The molecule has 18 heavy (non-hydrogen) atoms. The Bertz CT molecular complexity index is 332. The molecule has 102 valence electrons. The summed E-state index contributed by atoms with van der Waals surface area (Å²) in [6.07, 6.45) is 3.59. The highest BCUT2D eigenvalue weighted by Crippen LogP contribution is 2.26. The number of amides is 2. The smallest absolute Gasteiger partial charge is 0.225 e. The molecule has 1 aliphatic heterocycles. The van der Waals surface area contributed by atoms with Crippen molar-refractivity contribution in [2.45, 2.75) is 38.6 Å². The highest BCUT2D eigenvalue weighted by molar-refractivity contribution is 5.79. The molecule has 1 saturated heterocycles. The van der Waals surface area contributed by atoms with E-state index in [-0.39, 0.29) is 23.8 Å². The number of carbonyl (C=O) groups excluding carboxylic acids is 2. The quantitative estimate of drug-likeness (QED) is 0.725. The minimum absolute atomic E-state index is 0.104. The van der Waals surface area contributed by atoms with E-state index < -0.39 is 0 Å². The van der Waals surface area contributed by atoms with Gasteiger partial charge in [-0.15, -0.1) is 0 Å². The van der Waals surface area contributed by atoms with Gasteiger partial charge in [-0.05, 0) is 25.7 Å². The lowest BCUT2D eigenvalue weighted by atomic mass is 10.1. The third-order valence-electron chi connectivity index (χ3n) is 4.08. The molecule has 1 saturated carbocycles. The van der Waals surface area contributed by atoms with Crippen molar-refractivity contribution in [1.82, 2.24) is 9.80 Å². The SMILES string of the molecule is CC(=O)N1CCCN(C(=O)C2CCC(N)C2)CC1. The van der Waals surface area contributed by atoms with Gasteiger partial charge in [0.15, 0.2) is 0 Å². The molecule has 0 spiro atoms. The largest absolute Gasteiger partial charge is 0.341 e. The number of carbonyl (C=O) groups is 2. The third-order valence-corrected chi connectivity index (χ3v) is 4.08. The lowest BCUT2D eigenvalue weighted by Gasteiger charge is -2.24. The Morgan fingerprint density at radius 2 is 1.72 bits per heavy atom. The van der Waals surface area contributed by atoms with Gasteiger partial charge in [0.2, 0.25) is 11.8 Å². The van der Waals surface area contributed by atoms with Gasteiger partial charge >= 0.3 is 0 Å². The molecular weight excluding hydrogens is 230 g/mol. The highest BCUT2D eigenvalue weighted by atomic mass is 16.2. The molecule has 2 rings (SSSR count). The first kappa shape index (κ1) is 13.3. The molecule has 2 N–H and O–H groups in total. The molecule has 5 nitrogen and oxygen atoms in total. The van der Waals surface area contributed by atoms with Crippen LogP contribution in [-0.4, -0.2) is 53.8 Å². The number of nitrogens with two attached hydrogens (primary N) is 1. The molecule has 0 bridgehead atoms. The first-order chi connectivity index (χ1) is 8.58. The number of nitrogens with zero attached hydrogens (tertiary/aromatic N) is 2. The van der Waals surface area contributed by atoms with Gasteiger partial charge < -0.3 is 15.5 Å². The lowest BCUT2D eigenvalue weighted by Crippen LogP contribution is -2.39. The summed E-state index contributed by atoms with van der Waals surface area (Å²) in [4.78, 5) is 27.4. The van der Waals surface area contributed by atoms with E-state index in [1.165, 1.54) is 0 Å². The summed E-state index contributed by atoms with van der Waals surface area (Å²) in [5.74, 6) is 0.462. The minimum atomic E-state index is 0.104. The first-order valence-corrected chi connectivity index (χ1v) is 6.88. The van der Waals surface area contributed by atoms with E-state index in [2.05, 4.69) is 0 Å². The molecule has 1 heterocycles. The van der Waals surface area contributed by atoms with Crippen molar-refractivity contribution in [1.29, 1.82) is 0 Å². The van der Waals surface area contributed by atoms with E-state index >= 15 is 0 Å². The molecule has 2 amide bonds. The summed E-state index contributed by atoms with van der Waals surface area (Å²) in [5.41, 5.74) is 5.86. The van der Waals surface area contributed by atoms with E-state index in [0.717, 1.165) is 38.8 Å². The van der Waals surface area contributed by atoms with Gasteiger partial charge in [-0.25, -0.2) is 0 Å². The molecule has 0 aromatic rings. The summed E-state index contributed by atoms with van der Waals surface area (Å²) in [5, 5.41) is 0. The fourth-order valence-electron chi connectivity index (χ4n) is 2.95. The second kappa shape index (κ2) is 5.69. The van der Waals surface area contributed by atoms with Crippen LogP contribution in [-0.2, 0) is 9.59 Å². The molecule has 2 unspecified atom stereocenters. The minimum Gasteiger partial charge on any atom is -0.341 e. The van der Waals surface area contributed by atoms with Crippen LogP contribution < -0.4 is 5.73 Å². The van der Waals surface area contributed by atoms with Crippen molar-refractivity contribution in [3.8, 4) is 0 Å². The highest BCUT2D eigenvalue weighted by Gasteiger charge is 2.31. The molecule has 2 aliphatic rings. The Morgan fingerprint density at radius 3 is 2.33 bits per heavy atom. The van der Waals surface area contributed by atoms with Crippen molar-refractivity contribution >= 4 is 11.8 Å². The van der Waals surface area contributed by atoms with E-state index in [1.807, 2.05) is 9.80 Å². The third kappa shape index (κ3) is 3.02. The van der Waals surface area contributed by atoms with Crippen molar-refractivity contribution in [3.63, 3.8) is 0 Å². The van der Waals surface area contributed by atoms with Crippen molar-refractivity contribution < 1.29 is 9.59 Å². The van der Waals surface area contributed by atoms with Crippen LogP contribution in [0.3, 0.4) is 0 Å². The topological polar surface area (TPSA) is 66.6 Å². The molecule has 5 heteroatoms. The van der Waals surface area contributed by atoms with Gasteiger partial charge in [0.05, 0.1) is 0 Å². The molecule has 2 fully saturated rings. The van der Waals surface area contributed by atoms with Gasteiger partial charge in [0.25, 0.3) is 0 Å². The Kier molecular flexibility index (Phi) is 4.22. The van der Waals surface area contributed by atoms with Crippen LogP contribution in [0.4, 0.5) is 0 Å². The molecule has 1 aliphatic carbocycles. The maximum Gasteiger partial charge on any atom is 0.225 e. The average molecular weight is 253 g/mol. The van der Waals surface area contributed by atoms with E-state index in [0.29, 0.717) is 13.1 Å². The van der Waals surface area contributed by atoms with Gasteiger partial charge in [-0.2, -0.15) is 0 Å². The number of rotatable bonds is 1. The van der Waals surface area contributed by atoms with Gasteiger partial charge in [-0.3, -0.25) is 9.59 Å². The average Bonchev–Trinajstić information content (AvgIpc) is 2.63. The Hall–Kier alpha value is -1.10. The fourth-order valence-corrected chi connectivity index (χ4v) is 2.95. The zero-order valence-electron chi connectivity index (χ0n) is 11.1. The van der Waals surface area contributed by atoms with Gasteiger partial charge in [0.1, 0.15) is 0 Å². The second-order valence-corrected chi connectivity index (χ2v) is 5.45. The van der Waals surface area contributed by atoms with Crippen molar-refractivity contribution in [2.24, 2.45) is 11.7 Å². The summed E-state index contributed by atoms with van der Waals surface area (Å²) in [6, 6.07) is 0.194. The lowest BCUT2D eigenvalue weighted by molar-refractivity contribution is -0.136. The summed E-state index contributed by atoms with van der Waals surface area (Å²) in [6.45, 7) is 4.47. The number of hydrogen-bond acceptors (Lipinski definition) is 3. The normalized spacial score (nSPS) is 29.2. The van der Waals surface area contributed by atoms with E-state index in [1.54, 1.807) is 6.92 Å². The van der Waals surface area contributed by atoms with Crippen LogP contribution in [0.15, 0.2) is 0 Å². The fraction of sp³-hybridized carbons (Fsp3) is 0.846. The second-order valence-electron chi connectivity index (χ2n) is 5.45. The maximum absolute atomic E-state index is 12.3.